The second-order valence-electron chi connectivity index (χ2n) is 3.97. The molecule has 3 N–H and O–H groups in total. The van der Waals surface area contributed by atoms with Crippen LogP contribution in [0.25, 0.3) is 0 Å². The van der Waals surface area contributed by atoms with E-state index in [2.05, 4.69) is 10.4 Å². The lowest BCUT2D eigenvalue weighted by molar-refractivity contribution is 0.631. The van der Waals surface area contributed by atoms with Crippen molar-refractivity contribution in [3.63, 3.8) is 0 Å². The Morgan fingerprint density at radius 3 is 2.44 bits per heavy atom. The molecule has 0 spiro atoms. The number of aromatic nitrogens is 1. The third-order valence-corrected chi connectivity index (χ3v) is 3.50. The fourth-order valence-electron chi connectivity index (χ4n) is 1.89. The first-order valence-electron chi connectivity index (χ1n) is 5.45. The number of nitrogens with one attached hydrogen (secondary N) is 1. The smallest absolute Gasteiger partial charge is 0.0756 e. The van der Waals surface area contributed by atoms with Crippen molar-refractivity contribution in [1.29, 1.82) is 0 Å². The summed E-state index contributed by atoms with van der Waals surface area (Å²) in [6.07, 6.45) is 3.50. The molecule has 18 heavy (non-hydrogen) atoms. The standard InChI is InChI=1S/C13H13Cl2N3/c1-8-5-6-17-7-9(8)13(18-16)12-10(14)3-2-4-11(12)15/h2-7,13,18H,16H2,1H3. The minimum absolute atomic E-state index is 0.278. The average molecular weight is 282 g/mol. The Bertz CT molecular complexity index is 537. The lowest BCUT2D eigenvalue weighted by Crippen LogP contribution is -2.30. The Morgan fingerprint density at radius 2 is 1.89 bits per heavy atom. The SMILES string of the molecule is Cc1ccncc1C(NN)c1c(Cl)cccc1Cl. The van der Waals surface area contributed by atoms with E-state index in [0.29, 0.717) is 10.0 Å². The van der Waals surface area contributed by atoms with Crippen LogP contribution in [-0.4, -0.2) is 4.98 Å². The molecule has 0 saturated carbocycles. The average Bonchev–Trinajstić information content (AvgIpc) is 2.35. The van der Waals surface area contributed by atoms with Crippen LogP contribution in [0.5, 0.6) is 0 Å². The van der Waals surface area contributed by atoms with Gasteiger partial charge in [0.05, 0.1) is 6.04 Å². The fourth-order valence-corrected chi connectivity index (χ4v) is 2.51. The first-order chi connectivity index (χ1) is 8.65. The summed E-state index contributed by atoms with van der Waals surface area (Å²) >= 11 is 12.4. The van der Waals surface area contributed by atoms with E-state index >= 15 is 0 Å². The van der Waals surface area contributed by atoms with Crippen molar-refractivity contribution in [2.45, 2.75) is 13.0 Å². The van der Waals surface area contributed by atoms with Crippen LogP contribution < -0.4 is 11.3 Å². The third kappa shape index (κ3) is 2.49. The molecular weight excluding hydrogens is 269 g/mol. The van der Waals surface area contributed by atoms with Gasteiger partial charge in [-0.15, -0.1) is 0 Å². The second kappa shape index (κ2) is 5.67. The van der Waals surface area contributed by atoms with Crippen LogP contribution in [0.3, 0.4) is 0 Å². The van der Waals surface area contributed by atoms with E-state index in [1.807, 2.05) is 13.0 Å². The predicted octanol–water partition coefficient (Wildman–Crippen LogP) is 3.25. The molecule has 0 bridgehead atoms. The van der Waals surface area contributed by atoms with Gasteiger partial charge in [0.2, 0.25) is 0 Å². The number of nitrogens with zero attached hydrogens (tertiary/aromatic N) is 1. The molecule has 2 aromatic rings. The summed E-state index contributed by atoms with van der Waals surface area (Å²) in [4.78, 5) is 4.12. The molecule has 94 valence electrons. The maximum Gasteiger partial charge on any atom is 0.0756 e. The van der Waals surface area contributed by atoms with Crippen molar-refractivity contribution < 1.29 is 0 Å². The van der Waals surface area contributed by atoms with Gasteiger partial charge in [-0.2, -0.15) is 0 Å². The highest BCUT2D eigenvalue weighted by atomic mass is 35.5. The highest BCUT2D eigenvalue weighted by Crippen LogP contribution is 2.34. The van der Waals surface area contributed by atoms with Crippen LogP contribution in [0.4, 0.5) is 0 Å². The molecule has 0 aliphatic rings. The Morgan fingerprint density at radius 1 is 1.22 bits per heavy atom. The zero-order valence-electron chi connectivity index (χ0n) is 9.82. The minimum Gasteiger partial charge on any atom is -0.271 e. The topological polar surface area (TPSA) is 50.9 Å². The number of aryl methyl sites for hydroxylation is 1. The first-order valence-corrected chi connectivity index (χ1v) is 6.21. The molecule has 0 aliphatic heterocycles. The molecule has 0 radical (unpaired) electrons. The van der Waals surface area contributed by atoms with Gasteiger partial charge < -0.3 is 0 Å². The molecule has 3 nitrogen and oxygen atoms in total. The van der Waals surface area contributed by atoms with Gasteiger partial charge in [-0.1, -0.05) is 29.3 Å². The lowest BCUT2D eigenvalue weighted by atomic mass is 9.97. The summed E-state index contributed by atoms with van der Waals surface area (Å²) < 4.78 is 0. The Kier molecular flexibility index (Phi) is 4.19. The quantitative estimate of drug-likeness (QED) is 0.671. The molecule has 1 unspecified atom stereocenters. The van der Waals surface area contributed by atoms with Gasteiger partial charge in [-0.3, -0.25) is 10.8 Å². The van der Waals surface area contributed by atoms with E-state index in [0.717, 1.165) is 16.7 Å². The van der Waals surface area contributed by atoms with Gasteiger partial charge in [0.1, 0.15) is 0 Å². The number of hydrogen-bond donors (Lipinski definition) is 2. The molecule has 1 aromatic heterocycles. The molecule has 0 fully saturated rings. The number of hydrogen-bond acceptors (Lipinski definition) is 3. The number of pyridine rings is 1. The first kappa shape index (κ1) is 13.3. The Hall–Kier alpha value is -1.13. The maximum atomic E-state index is 6.20. The van der Waals surface area contributed by atoms with Crippen molar-refractivity contribution in [3.05, 3.63) is 63.4 Å². The summed E-state index contributed by atoms with van der Waals surface area (Å²) in [5.74, 6) is 5.65. The Labute approximate surface area is 116 Å². The van der Waals surface area contributed by atoms with E-state index in [1.54, 1.807) is 30.6 Å². The number of rotatable bonds is 3. The number of hydrazine groups is 1. The zero-order valence-corrected chi connectivity index (χ0v) is 11.3. The minimum atomic E-state index is -0.278. The molecule has 0 aliphatic carbocycles. The summed E-state index contributed by atoms with van der Waals surface area (Å²) in [5, 5.41) is 1.16. The highest BCUT2D eigenvalue weighted by Gasteiger charge is 2.20. The van der Waals surface area contributed by atoms with Gasteiger partial charge in [0.15, 0.2) is 0 Å². The molecule has 5 heteroatoms. The summed E-state index contributed by atoms with van der Waals surface area (Å²) in [6.45, 7) is 1.99. The van der Waals surface area contributed by atoms with Crippen molar-refractivity contribution in [2.75, 3.05) is 0 Å². The largest absolute Gasteiger partial charge is 0.271 e. The van der Waals surface area contributed by atoms with Gasteiger partial charge >= 0.3 is 0 Å². The second-order valence-corrected chi connectivity index (χ2v) is 4.78. The lowest BCUT2D eigenvalue weighted by Gasteiger charge is -2.20. The third-order valence-electron chi connectivity index (χ3n) is 2.85. The molecule has 0 saturated heterocycles. The molecule has 2 rings (SSSR count). The summed E-state index contributed by atoms with van der Waals surface area (Å²) in [6, 6.07) is 7.03. The normalized spacial score (nSPS) is 12.4. The Balaban J connectivity index is 2.56. The van der Waals surface area contributed by atoms with Gasteiger partial charge in [0, 0.05) is 28.0 Å². The molecule has 0 amide bonds. The van der Waals surface area contributed by atoms with E-state index < -0.39 is 0 Å². The fraction of sp³-hybridized carbons (Fsp3) is 0.154. The number of halogens is 2. The zero-order chi connectivity index (χ0) is 13.1. The van der Waals surface area contributed by atoms with Crippen LogP contribution in [0.2, 0.25) is 10.0 Å². The van der Waals surface area contributed by atoms with E-state index in [-0.39, 0.29) is 6.04 Å². The summed E-state index contributed by atoms with van der Waals surface area (Å²) in [5.41, 5.74) is 5.54. The highest BCUT2D eigenvalue weighted by molar-refractivity contribution is 6.36. The van der Waals surface area contributed by atoms with Crippen molar-refractivity contribution in [1.82, 2.24) is 10.4 Å². The van der Waals surface area contributed by atoms with Crippen molar-refractivity contribution in [3.8, 4) is 0 Å². The van der Waals surface area contributed by atoms with Crippen LogP contribution >= 0.6 is 23.2 Å². The summed E-state index contributed by atoms with van der Waals surface area (Å²) in [7, 11) is 0. The monoisotopic (exact) mass is 281 g/mol. The maximum absolute atomic E-state index is 6.20. The van der Waals surface area contributed by atoms with Crippen molar-refractivity contribution in [2.24, 2.45) is 5.84 Å². The van der Waals surface area contributed by atoms with E-state index in [4.69, 9.17) is 29.0 Å². The van der Waals surface area contributed by atoms with Gasteiger partial charge in [0.25, 0.3) is 0 Å². The van der Waals surface area contributed by atoms with Crippen molar-refractivity contribution >= 4 is 23.2 Å². The van der Waals surface area contributed by atoms with Crippen LogP contribution in [0, 0.1) is 6.92 Å². The van der Waals surface area contributed by atoms with Gasteiger partial charge in [-0.25, -0.2) is 5.43 Å². The molecular formula is C13H13Cl2N3. The van der Waals surface area contributed by atoms with E-state index in [9.17, 15) is 0 Å². The predicted molar refractivity (Wildman–Crippen MR) is 74.6 cm³/mol. The molecule has 1 atom stereocenters. The molecule has 1 aromatic carbocycles. The number of nitrogens with two attached hydrogens (primary N) is 1. The molecule has 1 heterocycles. The van der Waals surface area contributed by atoms with E-state index in [1.165, 1.54) is 0 Å². The van der Waals surface area contributed by atoms with Crippen LogP contribution in [-0.2, 0) is 0 Å². The van der Waals surface area contributed by atoms with Crippen LogP contribution in [0.15, 0.2) is 36.7 Å². The van der Waals surface area contributed by atoms with Gasteiger partial charge in [-0.05, 0) is 36.2 Å². The van der Waals surface area contributed by atoms with Crippen LogP contribution in [0.1, 0.15) is 22.7 Å². The number of benzene rings is 1.